The predicted molar refractivity (Wildman–Crippen MR) is 87.4 cm³/mol. The maximum Gasteiger partial charge on any atom is 0.307 e. The molecular weight excluding hydrogens is 268 g/mol. The highest BCUT2D eigenvalue weighted by Crippen LogP contribution is 1.86. The summed E-state index contributed by atoms with van der Waals surface area (Å²) in [5.41, 5.74) is 5.42. The maximum absolute atomic E-state index is 11.1. The van der Waals surface area contributed by atoms with Crippen LogP contribution in [0.4, 0.5) is 0 Å². The van der Waals surface area contributed by atoms with Gasteiger partial charge >= 0.3 is 5.97 Å². The van der Waals surface area contributed by atoms with Gasteiger partial charge in [-0.3, -0.25) is 4.79 Å². The standard InChI is InChI=1S/C15H34N4O2/c1-2-21-15(20)7-14-19-13-6-12-18-10-4-3-9-17-11-5-8-16/h17-19H,2-14,16H2,1H3. The number of nitrogens with one attached hydrogen (secondary N) is 3. The number of hydrogen-bond donors (Lipinski definition) is 4. The minimum Gasteiger partial charge on any atom is -0.466 e. The number of ether oxygens (including phenoxy) is 1. The van der Waals surface area contributed by atoms with Gasteiger partial charge in [0.25, 0.3) is 0 Å². The molecule has 0 rings (SSSR count). The molecule has 21 heavy (non-hydrogen) atoms. The minimum absolute atomic E-state index is 0.122. The van der Waals surface area contributed by atoms with E-state index < -0.39 is 0 Å². The Labute approximate surface area is 129 Å². The van der Waals surface area contributed by atoms with Crippen molar-refractivity contribution in [1.82, 2.24) is 16.0 Å². The van der Waals surface area contributed by atoms with Gasteiger partial charge in [0.15, 0.2) is 0 Å². The van der Waals surface area contributed by atoms with E-state index in [4.69, 9.17) is 10.5 Å². The molecule has 126 valence electrons. The van der Waals surface area contributed by atoms with Gasteiger partial charge in [-0.15, -0.1) is 0 Å². The van der Waals surface area contributed by atoms with E-state index in [-0.39, 0.29) is 5.97 Å². The van der Waals surface area contributed by atoms with Crippen LogP contribution in [-0.4, -0.2) is 58.4 Å². The summed E-state index contributed by atoms with van der Waals surface area (Å²) in [5.74, 6) is -0.122. The SMILES string of the molecule is CCOC(=O)CCNCCCNCCCCNCCCN. The van der Waals surface area contributed by atoms with Crippen molar-refractivity contribution in [2.45, 2.75) is 39.0 Å². The number of hydrogen-bond acceptors (Lipinski definition) is 6. The molecule has 0 aliphatic heterocycles. The quantitative estimate of drug-likeness (QED) is 0.241. The van der Waals surface area contributed by atoms with E-state index in [9.17, 15) is 4.79 Å². The van der Waals surface area contributed by atoms with Crippen LogP contribution in [0, 0.1) is 0 Å². The van der Waals surface area contributed by atoms with Gasteiger partial charge in [-0.1, -0.05) is 0 Å². The molecule has 0 aromatic heterocycles. The van der Waals surface area contributed by atoms with Gasteiger partial charge in [0.1, 0.15) is 0 Å². The second-order valence-corrected chi connectivity index (χ2v) is 5.01. The molecule has 0 saturated carbocycles. The first-order valence-corrected chi connectivity index (χ1v) is 8.29. The Morgan fingerprint density at radius 1 is 0.857 bits per heavy atom. The van der Waals surface area contributed by atoms with Gasteiger partial charge in [-0.05, 0) is 71.9 Å². The lowest BCUT2D eigenvalue weighted by Gasteiger charge is -2.07. The molecular formula is C15H34N4O2. The topological polar surface area (TPSA) is 88.4 Å². The fourth-order valence-corrected chi connectivity index (χ4v) is 1.86. The third-order valence-electron chi connectivity index (χ3n) is 3.03. The maximum atomic E-state index is 11.1. The van der Waals surface area contributed by atoms with Crippen LogP contribution in [0.25, 0.3) is 0 Å². The molecule has 0 heterocycles. The van der Waals surface area contributed by atoms with Gasteiger partial charge in [0.05, 0.1) is 13.0 Å². The van der Waals surface area contributed by atoms with Crippen LogP contribution in [0.5, 0.6) is 0 Å². The average molecular weight is 302 g/mol. The molecule has 0 bridgehead atoms. The van der Waals surface area contributed by atoms with Gasteiger partial charge in [-0.25, -0.2) is 0 Å². The molecule has 5 N–H and O–H groups in total. The molecule has 6 nitrogen and oxygen atoms in total. The third-order valence-corrected chi connectivity index (χ3v) is 3.03. The highest BCUT2D eigenvalue weighted by Gasteiger charge is 1.99. The van der Waals surface area contributed by atoms with Crippen LogP contribution >= 0.6 is 0 Å². The summed E-state index contributed by atoms with van der Waals surface area (Å²) in [5, 5.41) is 10.0. The fraction of sp³-hybridized carbons (Fsp3) is 0.933. The van der Waals surface area contributed by atoms with Crippen molar-refractivity contribution in [2.75, 3.05) is 52.4 Å². The van der Waals surface area contributed by atoms with E-state index in [1.165, 1.54) is 12.8 Å². The average Bonchev–Trinajstić information content (AvgIpc) is 2.48. The van der Waals surface area contributed by atoms with Crippen molar-refractivity contribution in [3.05, 3.63) is 0 Å². The van der Waals surface area contributed by atoms with Crippen LogP contribution in [0.2, 0.25) is 0 Å². The molecule has 6 heteroatoms. The highest BCUT2D eigenvalue weighted by molar-refractivity contribution is 5.69. The predicted octanol–water partition coefficient (Wildman–Crippen LogP) is 0.228. The number of unbranched alkanes of at least 4 members (excludes halogenated alkanes) is 1. The molecule has 0 radical (unpaired) electrons. The van der Waals surface area contributed by atoms with Crippen LogP contribution in [0.3, 0.4) is 0 Å². The van der Waals surface area contributed by atoms with Crippen molar-refractivity contribution in [2.24, 2.45) is 5.73 Å². The Kier molecular flexibility index (Phi) is 16.8. The van der Waals surface area contributed by atoms with E-state index in [1.54, 1.807) is 0 Å². The molecule has 0 spiro atoms. The second kappa shape index (κ2) is 17.4. The fourth-order valence-electron chi connectivity index (χ4n) is 1.86. The molecule has 0 aliphatic rings. The molecule has 0 unspecified atom stereocenters. The number of nitrogens with two attached hydrogens (primary N) is 1. The van der Waals surface area contributed by atoms with Crippen LogP contribution in [-0.2, 0) is 9.53 Å². The highest BCUT2D eigenvalue weighted by atomic mass is 16.5. The summed E-state index contributed by atoms with van der Waals surface area (Å²) >= 11 is 0. The molecule has 0 atom stereocenters. The molecule has 0 saturated heterocycles. The number of esters is 1. The summed E-state index contributed by atoms with van der Waals surface area (Å²) in [7, 11) is 0. The zero-order valence-electron chi connectivity index (χ0n) is 13.6. The molecule has 0 aliphatic carbocycles. The van der Waals surface area contributed by atoms with Crippen molar-refractivity contribution in [1.29, 1.82) is 0 Å². The summed E-state index contributed by atoms with van der Waals surface area (Å²) < 4.78 is 4.85. The minimum atomic E-state index is -0.122. The van der Waals surface area contributed by atoms with Gasteiger partial charge < -0.3 is 26.4 Å². The Morgan fingerprint density at radius 2 is 1.38 bits per heavy atom. The smallest absolute Gasteiger partial charge is 0.307 e. The Balaban J connectivity index is 3.01. The van der Waals surface area contributed by atoms with Crippen molar-refractivity contribution in [3.8, 4) is 0 Å². The summed E-state index contributed by atoms with van der Waals surface area (Å²) in [6, 6.07) is 0. The molecule has 0 amide bonds. The van der Waals surface area contributed by atoms with Crippen molar-refractivity contribution in [3.63, 3.8) is 0 Å². The normalized spacial score (nSPS) is 10.8. The van der Waals surface area contributed by atoms with E-state index in [0.29, 0.717) is 19.6 Å². The van der Waals surface area contributed by atoms with Crippen molar-refractivity contribution < 1.29 is 9.53 Å². The lowest BCUT2D eigenvalue weighted by molar-refractivity contribution is -0.142. The number of rotatable bonds is 16. The molecule has 0 aromatic rings. The Bertz CT molecular complexity index is 228. The monoisotopic (exact) mass is 302 g/mol. The lowest BCUT2D eigenvalue weighted by Crippen LogP contribution is -2.25. The van der Waals surface area contributed by atoms with E-state index in [1.807, 2.05) is 6.92 Å². The van der Waals surface area contributed by atoms with Gasteiger partial charge in [-0.2, -0.15) is 0 Å². The Hall–Kier alpha value is -0.690. The second-order valence-electron chi connectivity index (χ2n) is 5.01. The van der Waals surface area contributed by atoms with Gasteiger partial charge in [0, 0.05) is 6.54 Å². The zero-order chi connectivity index (χ0) is 15.6. The summed E-state index contributed by atoms with van der Waals surface area (Å²) in [6.07, 6.45) is 5.00. The first kappa shape index (κ1) is 20.3. The summed E-state index contributed by atoms with van der Waals surface area (Å²) in [6.45, 7) is 8.90. The number of carbonyl (C=O) groups excluding carboxylic acids is 1. The van der Waals surface area contributed by atoms with E-state index >= 15 is 0 Å². The molecule has 0 fully saturated rings. The number of carbonyl (C=O) groups is 1. The first-order chi connectivity index (χ1) is 10.3. The van der Waals surface area contributed by atoms with Crippen LogP contribution in [0.1, 0.15) is 39.0 Å². The van der Waals surface area contributed by atoms with Crippen molar-refractivity contribution >= 4 is 5.97 Å². The lowest BCUT2D eigenvalue weighted by atomic mass is 10.3. The summed E-state index contributed by atoms with van der Waals surface area (Å²) in [4.78, 5) is 11.1. The van der Waals surface area contributed by atoms with Gasteiger partial charge in [0.2, 0.25) is 0 Å². The van der Waals surface area contributed by atoms with Crippen LogP contribution < -0.4 is 21.7 Å². The van der Waals surface area contributed by atoms with E-state index in [2.05, 4.69) is 16.0 Å². The van der Waals surface area contributed by atoms with E-state index in [0.717, 1.165) is 52.1 Å². The Morgan fingerprint density at radius 3 is 1.95 bits per heavy atom. The zero-order valence-corrected chi connectivity index (χ0v) is 13.6. The first-order valence-electron chi connectivity index (χ1n) is 8.29. The molecule has 0 aromatic carbocycles. The largest absolute Gasteiger partial charge is 0.466 e. The third kappa shape index (κ3) is 17.3. The van der Waals surface area contributed by atoms with Crippen LogP contribution in [0.15, 0.2) is 0 Å².